The van der Waals surface area contributed by atoms with E-state index in [0.717, 1.165) is 60.9 Å². The second-order valence-corrected chi connectivity index (χ2v) is 18.3. The Bertz CT molecular complexity index is 2150. The molecule has 0 spiro atoms. The number of rotatable bonds is 19. The van der Waals surface area contributed by atoms with Crippen molar-refractivity contribution in [3.8, 4) is 23.0 Å². The van der Waals surface area contributed by atoms with Gasteiger partial charge in [0.25, 0.3) is 0 Å². The van der Waals surface area contributed by atoms with Gasteiger partial charge in [0, 0.05) is 49.1 Å². The molecule has 2 fully saturated rings. The highest BCUT2D eigenvalue weighted by Gasteiger charge is 2.66. The van der Waals surface area contributed by atoms with E-state index in [4.69, 9.17) is 33.7 Å². The summed E-state index contributed by atoms with van der Waals surface area (Å²) in [5.74, 6) is 0.0471. The van der Waals surface area contributed by atoms with Gasteiger partial charge >= 0.3 is 0 Å². The molecule has 0 radical (unpaired) electrons. The van der Waals surface area contributed by atoms with Gasteiger partial charge in [-0.2, -0.15) is 0 Å². The van der Waals surface area contributed by atoms with Crippen LogP contribution in [-0.2, 0) is 27.5 Å². The number of carbonyl (C=O) groups is 1. The first kappa shape index (κ1) is 43.7. The van der Waals surface area contributed by atoms with Crippen molar-refractivity contribution in [2.75, 3.05) is 26.6 Å². The van der Waals surface area contributed by atoms with E-state index in [-0.39, 0.29) is 75.2 Å². The van der Waals surface area contributed by atoms with Crippen molar-refractivity contribution < 1.29 is 47.9 Å². The molecule has 3 aliphatic carbocycles. The van der Waals surface area contributed by atoms with Gasteiger partial charge in [0.15, 0.2) is 11.5 Å². The van der Waals surface area contributed by atoms with Crippen LogP contribution in [0.2, 0.25) is 0 Å². The van der Waals surface area contributed by atoms with E-state index in [0.29, 0.717) is 47.8 Å². The lowest BCUT2D eigenvalue weighted by atomic mass is 9.55. The Hall–Kier alpha value is -4.91. The lowest BCUT2D eigenvalue weighted by molar-refractivity contribution is -0.258. The van der Waals surface area contributed by atoms with Crippen molar-refractivity contribution in [1.29, 1.82) is 0 Å². The fourth-order valence-electron chi connectivity index (χ4n) is 9.85. The summed E-state index contributed by atoms with van der Waals surface area (Å²) in [5, 5.41) is 24.9. The van der Waals surface area contributed by atoms with Crippen molar-refractivity contribution in [3.05, 3.63) is 107 Å². The number of oxime groups is 1. The average molecular weight is 853 g/mol. The Morgan fingerprint density at radius 3 is 2.48 bits per heavy atom. The number of ether oxygens (including phenoxy) is 5. The third kappa shape index (κ3) is 9.24. The number of benzene rings is 3. The number of fused-ring (bicyclic) bond motifs is 3. The van der Waals surface area contributed by atoms with E-state index in [1.54, 1.807) is 24.3 Å². The number of hydrogen-bond acceptors (Lipinski definition) is 10. The molecular weight excluding hydrogens is 792 g/mol. The Labute approximate surface area is 364 Å². The smallest absolute Gasteiger partial charge is 0.239 e. The molecule has 1 amide bonds. The number of amides is 1. The molecule has 6 unspecified atom stereocenters. The molecule has 0 bridgehead atoms. The molecule has 6 atom stereocenters. The first-order valence-electron chi connectivity index (χ1n) is 22.4. The van der Waals surface area contributed by atoms with E-state index in [1.807, 2.05) is 62.1 Å². The minimum atomic E-state index is -1.40. The summed E-state index contributed by atoms with van der Waals surface area (Å²) in [6, 6.07) is 17.5. The summed E-state index contributed by atoms with van der Waals surface area (Å²) in [7, 11) is 0. The number of allylic oxidation sites excluding steroid dienone is 1. The van der Waals surface area contributed by atoms with Crippen LogP contribution in [0, 0.1) is 29.5 Å². The standard InChI is InChI=1S/C50H61FN2O9/c1-5-24-60-50-45(53(48(56)33-17-18-33)29-32-16-20-43-44(25-32)59-31-58-43)28-41(52-62-49(2,3)4)38-26-34(12-8-10-22-54)37(14-9-11-23-55)46(47(38)50)39-27-36(19-21-42(39)61-50)57-30-35-13-6-7-15-40(35)51/h5-7,13,15-16,19-21,25-27,33-34,37,45-47,54-55H,1,8-12,14,17-18,22-24,28-31H2,2-4H3. The van der Waals surface area contributed by atoms with Crippen LogP contribution in [0.4, 0.5) is 4.39 Å². The highest BCUT2D eigenvalue weighted by molar-refractivity contribution is 6.03. The molecule has 3 aromatic rings. The van der Waals surface area contributed by atoms with Gasteiger partial charge in [0.1, 0.15) is 35.6 Å². The van der Waals surface area contributed by atoms with Crippen molar-refractivity contribution in [1.82, 2.24) is 4.90 Å². The molecule has 12 heteroatoms. The first-order chi connectivity index (χ1) is 30.0. The fraction of sp³-hybridized carbons (Fsp3) is 0.520. The molecule has 8 rings (SSSR count). The number of aliphatic hydroxyl groups is 2. The second kappa shape index (κ2) is 18.8. The van der Waals surface area contributed by atoms with Crippen LogP contribution in [0.1, 0.15) is 101 Å². The van der Waals surface area contributed by atoms with Crippen LogP contribution in [0.15, 0.2) is 90.1 Å². The predicted octanol–water partition coefficient (Wildman–Crippen LogP) is 9.00. The maximum absolute atomic E-state index is 14.9. The van der Waals surface area contributed by atoms with Crippen molar-refractivity contribution in [2.24, 2.45) is 28.8 Å². The van der Waals surface area contributed by atoms with E-state index >= 15 is 0 Å². The molecule has 5 aliphatic rings. The predicted molar refractivity (Wildman–Crippen MR) is 232 cm³/mol. The average Bonchev–Trinajstić information content (AvgIpc) is 4.01. The summed E-state index contributed by atoms with van der Waals surface area (Å²) in [5.41, 5.74) is 3.35. The zero-order valence-electron chi connectivity index (χ0n) is 36.2. The highest BCUT2D eigenvalue weighted by atomic mass is 19.1. The van der Waals surface area contributed by atoms with Gasteiger partial charge in [-0.3, -0.25) is 4.79 Å². The van der Waals surface area contributed by atoms with Crippen molar-refractivity contribution in [3.63, 3.8) is 0 Å². The molecular formula is C50H61FN2O9. The van der Waals surface area contributed by atoms with Crippen LogP contribution >= 0.6 is 0 Å². The summed E-state index contributed by atoms with van der Waals surface area (Å²) in [6.07, 6.45) is 10.5. The quantitative estimate of drug-likeness (QED) is 0.0690. The third-order valence-electron chi connectivity index (χ3n) is 12.8. The Balaban J connectivity index is 1.32. The number of nitrogens with zero attached hydrogens (tertiary/aromatic N) is 2. The number of carbonyl (C=O) groups excluding carboxylic acids is 1. The monoisotopic (exact) mass is 852 g/mol. The van der Waals surface area contributed by atoms with Gasteiger partial charge < -0.3 is 43.6 Å². The summed E-state index contributed by atoms with van der Waals surface area (Å²) < 4.78 is 47.1. The maximum Gasteiger partial charge on any atom is 0.239 e. The van der Waals surface area contributed by atoms with Crippen molar-refractivity contribution in [2.45, 2.75) is 115 Å². The largest absolute Gasteiger partial charge is 0.489 e. The zero-order valence-corrected chi connectivity index (χ0v) is 36.2. The molecule has 2 aliphatic heterocycles. The normalized spacial score (nSPS) is 25.3. The third-order valence-corrected chi connectivity index (χ3v) is 12.8. The van der Waals surface area contributed by atoms with Crippen LogP contribution in [0.25, 0.3) is 0 Å². The lowest BCUT2D eigenvalue weighted by Crippen LogP contribution is -2.70. The number of hydrogen-bond donors (Lipinski definition) is 2. The Morgan fingerprint density at radius 1 is 0.984 bits per heavy atom. The molecule has 3 aromatic carbocycles. The first-order valence-corrected chi connectivity index (χ1v) is 22.4. The topological polar surface area (TPSA) is 129 Å². The molecule has 2 N–H and O–H groups in total. The van der Waals surface area contributed by atoms with Crippen LogP contribution in [-0.4, -0.2) is 70.8 Å². The highest BCUT2D eigenvalue weighted by Crippen LogP contribution is 2.62. The second-order valence-electron chi connectivity index (χ2n) is 18.3. The van der Waals surface area contributed by atoms with E-state index in [9.17, 15) is 19.4 Å². The Morgan fingerprint density at radius 2 is 1.74 bits per heavy atom. The minimum absolute atomic E-state index is 0.0257. The lowest BCUT2D eigenvalue weighted by Gasteiger charge is -2.60. The summed E-state index contributed by atoms with van der Waals surface area (Å²) in [6.45, 7) is 10.7. The fourth-order valence-corrected chi connectivity index (χ4v) is 9.85. The van der Waals surface area contributed by atoms with Gasteiger partial charge in [-0.25, -0.2) is 4.39 Å². The van der Waals surface area contributed by atoms with Crippen LogP contribution in [0.3, 0.4) is 0 Å². The van der Waals surface area contributed by atoms with Crippen LogP contribution < -0.4 is 18.9 Å². The van der Waals surface area contributed by atoms with Gasteiger partial charge in [0.2, 0.25) is 18.5 Å². The molecule has 0 aromatic heterocycles. The van der Waals surface area contributed by atoms with E-state index in [2.05, 4.69) is 12.7 Å². The number of halogens is 1. The van der Waals surface area contributed by atoms with E-state index < -0.39 is 23.3 Å². The summed E-state index contributed by atoms with van der Waals surface area (Å²) >= 11 is 0. The Kier molecular flexibility index (Phi) is 13.3. The van der Waals surface area contributed by atoms with Crippen LogP contribution in [0.5, 0.6) is 23.0 Å². The molecule has 62 heavy (non-hydrogen) atoms. The molecule has 11 nitrogen and oxygen atoms in total. The number of unbranched alkanes of at least 4 members (excludes halogenated alkanes) is 2. The molecule has 2 saturated carbocycles. The summed E-state index contributed by atoms with van der Waals surface area (Å²) in [4.78, 5) is 23.1. The van der Waals surface area contributed by atoms with Crippen molar-refractivity contribution >= 4 is 11.6 Å². The molecule has 332 valence electrons. The van der Waals surface area contributed by atoms with Gasteiger partial charge in [-0.1, -0.05) is 54.4 Å². The van der Waals surface area contributed by atoms with Gasteiger partial charge in [-0.05, 0) is 119 Å². The SMILES string of the molecule is C=CCOC12Oc3ccc(OCc4ccccc4F)cc3C3C(CCCCO)C(CCCCO)C=C(C(=NOC(C)(C)C)CC1N(Cc1ccc4c(c1)OCO4)C(=O)C1CC1)C32. The molecule has 2 heterocycles. The van der Waals surface area contributed by atoms with Gasteiger partial charge in [0.05, 0.1) is 18.2 Å². The van der Waals surface area contributed by atoms with E-state index in [1.165, 1.54) is 6.07 Å². The molecule has 0 saturated heterocycles. The zero-order chi connectivity index (χ0) is 43.4. The maximum atomic E-state index is 14.9. The van der Waals surface area contributed by atoms with Gasteiger partial charge in [-0.15, -0.1) is 6.58 Å². The number of aliphatic hydroxyl groups excluding tert-OH is 2. The minimum Gasteiger partial charge on any atom is -0.489 e.